The lowest BCUT2D eigenvalue weighted by Crippen LogP contribution is -2.22. The Hall–Kier alpha value is -3.61. The standard InChI is InChI=1S/C22H21N5O2/c1-2-3-12-29-22(28)18-13-25-19(26-14-18)15-27-20-16(6-4-10-23-20)8-9-17-7-5-11-24-21(17)27/h4-11,13-14H,2-3,12,15H2,1H3. The van der Waals surface area contributed by atoms with Gasteiger partial charge in [0.2, 0.25) is 0 Å². The van der Waals surface area contributed by atoms with Crippen molar-refractivity contribution in [1.29, 1.82) is 0 Å². The van der Waals surface area contributed by atoms with Crippen molar-refractivity contribution in [2.75, 3.05) is 11.5 Å². The SMILES string of the molecule is CCCCOC(=O)c1cnc(CN2c3ncccc3C=Cc3cccnc32)nc1. The Balaban J connectivity index is 1.59. The van der Waals surface area contributed by atoms with Crippen LogP contribution in [-0.4, -0.2) is 32.5 Å². The fourth-order valence-corrected chi connectivity index (χ4v) is 3.04. The molecule has 0 atom stereocenters. The fourth-order valence-electron chi connectivity index (χ4n) is 3.04. The summed E-state index contributed by atoms with van der Waals surface area (Å²) in [5, 5.41) is 0. The number of hydrogen-bond donors (Lipinski definition) is 0. The van der Waals surface area contributed by atoms with Crippen molar-refractivity contribution in [3.8, 4) is 0 Å². The first-order valence-corrected chi connectivity index (χ1v) is 9.60. The molecule has 4 rings (SSSR count). The monoisotopic (exact) mass is 387 g/mol. The number of aromatic nitrogens is 4. The van der Waals surface area contributed by atoms with Crippen LogP contribution in [0.2, 0.25) is 0 Å². The van der Waals surface area contributed by atoms with Crippen LogP contribution in [0.25, 0.3) is 12.2 Å². The second kappa shape index (κ2) is 8.60. The number of unbranched alkanes of at least 4 members (excludes halogenated alkanes) is 1. The average Bonchev–Trinajstić information content (AvgIpc) is 2.92. The van der Waals surface area contributed by atoms with Gasteiger partial charge in [-0.2, -0.15) is 0 Å². The highest BCUT2D eigenvalue weighted by Crippen LogP contribution is 2.33. The lowest BCUT2D eigenvalue weighted by molar-refractivity contribution is 0.0498. The van der Waals surface area contributed by atoms with Gasteiger partial charge in [-0.05, 0) is 30.7 Å². The molecule has 0 unspecified atom stereocenters. The first-order chi connectivity index (χ1) is 14.3. The van der Waals surface area contributed by atoms with Gasteiger partial charge in [-0.3, -0.25) is 0 Å². The molecule has 4 heterocycles. The Bertz CT molecular complexity index is 984. The fraction of sp³-hybridized carbons (Fsp3) is 0.227. The molecule has 0 aliphatic carbocycles. The van der Waals surface area contributed by atoms with Crippen LogP contribution in [0.1, 0.15) is 47.1 Å². The Morgan fingerprint density at radius 1 is 0.966 bits per heavy atom. The van der Waals surface area contributed by atoms with Gasteiger partial charge in [-0.25, -0.2) is 24.7 Å². The van der Waals surface area contributed by atoms with Gasteiger partial charge in [0.1, 0.15) is 17.5 Å². The predicted octanol–water partition coefficient (Wildman–Crippen LogP) is 4.05. The first kappa shape index (κ1) is 18.7. The number of fused-ring (bicyclic) bond motifs is 2. The molecule has 1 aliphatic heterocycles. The minimum Gasteiger partial charge on any atom is -0.462 e. The Labute approximate surface area is 169 Å². The molecule has 3 aromatic heterocycles. The van der Waals surface area contributed by atoms with Crippen molar-refractivity contribution in [2.24, 2.45) is 0 Å². The van der Waals surface area contributed by atoms with Gasteiger partial charge in [-0.15, -0.1) is 0 Å². The number of anilines is 2. The van der Waals surface area contributed by atoms with Gasteiger partial charge < -0.3 is 9.64 Å². The largest absolute Gasteiger partial charge is 0.462 e. The number of esters is 1. The topological polar surface area (TPSA) is 81.1 Å². The van der Waals surface area contributed by atoms with Crippen molar-refractivity contribution in [2.45, 2.75) is 26.3 Å². The van der Waals surface area contributed by atoms with Gasteiger partial charge >= 0.3 is 5.97 Å². The zero-order chi connectivity index (χ0) is 20.1. The summed E-state index contributed by atoms with van der Waals surface area (Å²) in [6.07, 6.45) is 12.4. The second-order valence-corrected chi connectivity index (χ2v) is 6.63. The lowest BCUT2D eigenvalue weighted by Gasteiger charge is -2.23. The number of carbonyl (C=O) groups excluding carboxylic acids is 1. The highest BCUT2D eigenvalue weighted by atomic mass is 16.5. The summed E-state index contributed by atoms with van der Waals surface area (Å²) >= 11 is 0. The van der Waals surface area contributed by atoms with Crippen molar-refractivity contribution < 1.29 is 9.53 Å². The molecule has 0 fully saturated rings. The van der Waals surface area contributed by atoms with E-state index in [1.807, 2.05) is 48.2 Å². The summed E-state index contributed by atoms with van der Waals surface area (Å²) in [6.45, 7) is 2.83. The smallest absolute Gasteiger partial charge is 0.341 e. The van der Waals surface area contributed by atoms with E-state index in [0.717, 1.165) is 35.6 Å². The summed E-state index contributed by atoms with van der Waals surface area (Å²) < 4.78 is 5.21. The third kappa shape index (κ3) is 4.13. The molecule has 0 aromatic carbocycles. The summed E-state index contributed by atoms with van der Waals surface area (Å²) in [4.78, 5) is 31.9. The summed E-state index contributed by atoms with van der Waals surface area (Å²) in [6, 6.07) is 7.82. The molecule has 7 nitrogen and oxygen atoms in total. The van der Waals surface area contributed by atoms with Gasteiger partial charge in [0.25, 0.3) is 0 Å². The molecule has 0 radical (unpaired) electrons. The molecule has 0 amide bonds. The van der Waals surface area contributed by atoms with Gasteiger partial charge in [0, 0.05) is 35.9 Å². The van der Waals surface area contributed by atoms with E-state index in [9.17, 15) is 4.79 Å². The maximum absolute atomic E-state index is 12.1. The van der Waals surface area contributed by atoms with Crippen LogP contribution in [0.5, 0.6) is 0 Å². The van der Waals surface area contributed by atoms with Crippen molar-refractivity contribution in [3.05, 3.63) is 71.6 Å². The minimum absolute atomic E-state index is 0.347. The maximum Gasteiger partial charge on any atom is 0.341 e. The van der Waals surface area contributed by atoms with Crippen molar-refractivity contribution in [3.63, 3.8) is 0 Å². The summed E-state index contributed by atoms with van der Waals surface area (Å²) in [7, 11) is 0. The average molecular weight is 387 g/mol. The van der Waals surface area contributed by atoms with Gasteiger partial charge in [-0.1, -0.05) is 25.5 Å². The number of carbonyl (C=O) groups is 1. The van der Waals surface area contributed by atoms with Crippen molar-refractivity contribution in [1.82, 2.24) is 19.9 Å². The molecule has 29 heavy (non-hydrogen) atoms. The Kier molecular flexibility index (Phi) is 5.56. The summed E-state index contributed by atoms with van der Waals surface area (Å²) in [5.74, 6) is 1.73. The number of hydrogen-bond acceptors (Lipinski definition) is 7. The third-order valence-corrected chi connectivity index (χ3v) is 4.56. The van der Waals surface area contributed by atoms with Crippen LogP contribution in [-0.2, 0) is 11.3 Å². The lowest BCUT2D eigenvalue weighted by atomic mass is 10.2. The van der Waals surface area contributed by atoms with Crippen LogP contribution in [0.3, 0.4) is 0 Å². The van der Waals surface area contributed by atoms with Crippen molar-refractivity contribution >= 4 is 29.8 Å². The van der Waals surface area contributed by atoms with E-state index in [4.69, 9.17) is 4.74 Å². The molecule has 1 aliphatic rings. The molecule has 0 N–H and O–H groups in total. The van der Waals surface area contributed by atoms with Gasteiger partial charge in [0.05, 0.1) is 18.7 Å². The van der Waals surface area contributed by atoms with Gasteiger partial charge in [0.15, 0.2) is 0 Å². The van der Waals surface area contributed by atoms with E-state index < -0.39 is 5.97 Å². The molecule has 0 saturated carbocycles. The van der Waals surface area contributed by atoms with E-state index in [-0.39, 0.29) is 0 Å². The molecular weight excluding hydrogens is 366 g/mol. The number of nitrogens with zero attached hydrogens (tertiary/aromatic N) is 5. The molecule has 3 aromatic rings. The zero-order valence-electron chi connectivity index (χ0n) is 16.2. The Morgan fingerprint density at radius 3 is 2.17 bits per heavy atom. The van der Waals surface area contributed by atoms with E-state index in [2.05, 4.69) is 19.9 Å². The van der Waals surface area contributed by atoms with Crippen LogP contribution in [0, 0.1) is 0 Å². The highest BCUT2D eigenvalue weighted by molar-refractivity contribution is 5.88. The minimum atomic E-state index is -0.400. The van der Waals surface area contributed by atoms with Crippen LogP contribution in [0.4, 0.5) is 11.6 Å². The normalized spacial score (nSPS) is 12.1. The molecule has 7 heteroatoms. The second-order valence-electron chi connectivity index (χ2n) is 6.63. The van der Waals surface area contributed by atoms with Crippen LogP contribution < -0.4 is 4.90 Å². The maximum atomic E-state index is 12.1. The number of rotatable bonds is 6. The highest BCUT2D eigenvalue weighted by Gasteiger charge is 2.21. The van der Waals surface area contributed by atoms with E-state index in [0.29, 0.717) is 24.5 Å². The molecule has 146 valence electrons. The van der Waals surface area contributed by atoms with Crippen LogP contribution in [0.15, 0.2) is 49.1 Å². The first-order valence-electron chi connectivity index (χ1n) is 9.60. The third-order valence-electron chi connectivity index (χ3n) is 4.56. The number of pyridine rings is 2. The van der Waals surface area contributed by atoms with E-state index in [1.165, 1.54) is 12.4 Å². The van der Waals surface area contributed by atoms with Crippen LogP contribution >= 0.6 is 0 Å². The van der Waals surface area contributed by atoms with E-state index in [1.54, 1.807) is 12.4 Å². The predicted molar refractivity (Wildman–Crippen MR) is 110 cm³/mol. The molecule has 0 bridgehead atoms. The number of ether oxygens (including phenoxy) is 1. The molecular formula is C22H21N5O2. The zero-order valence-corrected chi connectivity index (χ0v) is 16.2. The van der Waals surface area contributed by atoms with E-state index >= 15 is 0 Å². The molecule has 0 spiro atoms. The summed E-state index contributed by atoms with van der Waals surface area (Å²) in [5.41, 5.74) is 2.32. The Morgan fingerprint density at radius 2 is 1.59 bits per heavy atom. The quantitative estimate of drug-likeness (QED) is 0.466. The molecule has 0 saturated heterocycles.